The van der Waals surface area contributed by atoms with Crippen molar-refractivity contribution in [1.29, 1.82) is 0 Å². The van der Waals surface area contributed by atoms with Crippen LogP contribution >= 0.6 is 0 Å². The first-order valence-electron chi connectivity index (χ1n) is 18.1. The fraction of sp³-hybridized carbons (Fsp3) is 0.0400. The number of nitrogens with zero attached hydrogens (tertiary/aromatic N) is 3. The molecule has 4 nitrogen and oxygen atoms in total. The zero-order chi connectivity index (χ0) is 36.6. The summed E-state index contributed by atoms with van der Waals surface area (Å²) >= 11 is 0. The molecule has 9 rings (SSSR count). The minimum atomic E-state index is 0. The van der Waals surface area contributed by atoms with Crippen molar-refractivity contribution in [3.8, 4) is 78.6 Å². The minimum absolute atomic E-state index is 0. The number of benzene rings is 7. The Morgan fingerprint density at radius 2 is 1.16 bits per heavy atom. The second-order valence-corrected chi connectivity index (χ2v) is 13.7. The van der Waals surface area contributed by atoms with Gasteiger partial charge in [-0.05, 0) is 72.5 Å². The molecule has 0 aliphatic rings. The summed E-state index contributed by atoms with van der Waals surface area (Å²) in [7, 11) is 0. The topological polar surface area (TPSA) is 50.9 Å². The van der Waals surface area contributed by atoms with E-state index in [1.807, 2.05) is 36.5 Å². The molecule has 1 N–H and O–H groups in total. The Morgan fingerprint density at radius 1 is 0.509 bits per heavy atom. The SMILES string of the molecule is Cc1ccc(-c2ccnc(-c3[c-]c(-c4cccc5c4nc(-c4ccccc4O)n5-c4ccc(C)cc4-c4ccccc4)cc(-c4ccccc4)c3)c2)cc1.[Pt]. The van der Waals surface area contributed by atoms with Gasteiger partial charge in [0.2, 0.25) is 0 Å². The number of fused-ring (bicyclic) bond motifs is 1. The molecule has 9 aromatic rings. The van der Waals surface area contributed by atoms with E-state index >= 15 is 0 Å². The summed E-state index contributed by atoms with van der Waals surface area (Å²) < 4.78 is 2.18. The molecule has 0 bridgehead atoms. The molecule has 0 saturated carbocycles. The Bertz CT molecular complexity index is 2790. The third kappa shape index (κ3) is 6.94. The summed E-state index contributed by atoms with van der Waals surface area (Å²) in [5.41, 5.74) is 15.9. The average Bonchev–Trinajstić information content (AvgIpc) is 3.61. The fourth-order valence-electron chi connectivity index (χ4n) is 7.25. The number of aromatic nitrogens is 3. The quantitative estimate of drug-likeness (QED) is 0.162. The largest absolute Gasteiger partial charge is 0.507 e. The maximum Gasteiger partial charge on any atom is 0.148 e. The van der Waals surface area contributed by atoms with E-state index in [1.54, 1.807) is 6.07 Å². The van der Waals surface area contributed by atoms with Gasteiger partial charge in [-0.1, -0.05) is 149 Å². The Kier molecular flexibility index (Phi) is 9.84. The molecule has 2 heterocycles. The summed E-state index contributed by atoms with van der Waals surface area (Å²) in [5, 5.41) is 11.3. The van der Waals surface area contributed by atoms with Gasteiger partial charge in [-0.15, -0.1) is 23.8 Å². The fourth-order valence-corrected chi connectivity index (χ4v) is 7.25. The molecule has 0 aliphatic heterocycles. The molecule has 0 amide bonds. The van der Waals surface area contributed by atoms with Gasteiger partial charge in [0, 0.05) is 38.5 Å². The van der Waals surface area contributed by atoms with Crippen LogP contribution in [0.1, 0.15) is 11.1 Å². The molecule has 0 atom stereocenters. The molecule has 2 aromatic heterocycles. The van der Waals surface area contributed by atoms with Crippen molar-refractivity contribution in [3.63, 3.8) is 0 Å². The van der Waals surface area contributed by atoms with Crippen molar-refractivity contribution in [2.75, 3.05) is 0 Å². The van der Waals surface area contributed by atoms with Gasteiger partial charge in [0.1, 0.15) is 11.6 Å². The first kappa shape index (κ1) is 35.7. The summed E-state index contributed by atoms with van der Waals surface area (Å²) in [4.78, 5) is 10.2. The molecule has 0 unspecified atom stereocenters. The van der Waals surface area contributed by atoms with Crippen molar-refractivity contribution in [2.45, 2.75) is 13.8 Å². The molecule has 0 spiro atoms. The van der Waals surface area contributed by atoms with Crippen molar-refractivity contribution >= 4 is 11.0 Å². The van der Waals surface area contributed by atoms with Gasteiger partial charge < -0.3 is 5.11 Å². The number of imidazole rings is 1. The van der Waals surface area contributed by atoms with Gasteiger partial charge in [0.15, 0.2) is 0 Å². The number of pyridine rings is 1. The van der Waals surface area contributed by atoms with Crippen molar-refractivity contribution in [1.82, 2.24) is 14.5 Å². The van der Waals surface area contributed by atoms with Gasteiger partial charge in [-0.2, -0.15) is 0 Å². The minimum Gasteiger partial charge on any atom is -0.507 e. The van der Waals surface area contributed by atoms with Crippen LogP contribution in [0.2, 0.25) is 0 Å². The van der Waals surface area contributed by atoms with Gasteiger partial charge in [0.25, 0.3) is 0 Å². The maximum atomic E-state index is 11.3. The van der Waals surface area contributed by atoms with Gasteiger partial charge >= 0.3 is 0 Å². The van der Waals surface area contributed by atoms with Crippen LogP contribution in [0.4, 0.5) is 0 Å². The van der Waals surface area contributed by atoms with Crippen LogP contribution in [0.25, 0.3) is 83.9 Å². The first-order chi connectivity index (χ1) is 26.5. The number of hydrogen-bond acceptors (Lipinski definition) is 3. The third-order valence-electron chi connectivity index (χ3n) is 9.99. The molecular formula is C50H36N3OPt-. The van der Waals surface area contributed by atoms with Gasteiger partial charge in [-0.25, -0.2) is 4.98 Å². The summed E-state index contributed by atoms with van der Waals surface area (Å²) in [5.74, 6) is 0.826. The van der Waals surface area contributed by atoms with Crippen LogP contribution in [-0.4, -0.2) is 19.6 Å². The smallest absolute Gasteiger partial charge is 0.148 e. The number of hydrogen-bond donors (Lipinski definition) is 1. The molecule has 0 saturated heterocycles. The van der Waals surface area contributed by atoms with Crippen LogP contribution in [0, 0.1) is 19.9 Å². The standard InChI is InChI=1S/C50H36N3O.Pt/c1-33-20-23-36(24-21-33)38-26-27-51-45(32-38)41-30-39(35-12-5-3-6-13-35)29-40(31-41)42-17-11-18-47-49(42)52-50(43-16-9-10-19-48(43)54)53(47)46-25-22-34(2)28-44(46)37-14-7-4-8-15-37;/h3-30,32,54H,1-2H3;/q-1;. The predicted molar refractivity (Wildman–Crippen MR) is 221 cm³/mol. The summed E-state index contributed by atoms with van der Waals surface area (Å²) in [6.07, 6.45) is 1.88. The molecule has 55 heavy (non-hydrogen) atoms. The molecule has 0 radical (unpaired) electrons. The third-order valence-corrected chi connectivity index (χ3v) is 9.99. The van der Waals surface area contributed by atoms with Gasteiger partial charge in [0.05, 0.1) is 22.3 Å². The molecule has 5 heteroatoms. The van der Waals surface area contributed by atoms with E-state index in [1.165, 1.54) is 5.56 Å². The number of aromatic hydroxyl groups is 1. The number of phenolic OH excluding ortho intramolecular Hbond substituents is 1. The van der Waals surface area contributed by atoms with Crippen LogP contribution in [0.5, 0.6) is 5.75 Å². The van der Waals surface area contributed by atoms with Crippen LogP contribution in [-0.2, 0) is 21.1 Å². The molecule has 268 valence electrons. The van der Waals surface area contributed by atoms with Crippen molar-refractivity contribution in [2.24, 2.45) is 0 Å². The number of rotatable bonds is 7. The van der Waals surface area contributed by atoms with Crippen LogP contribution in [0.3, 0.4) is 0 Å². The Balaban J connectivity index is 0.00000427. The average molecular weight is 890 g/mol. The van der Waals surface area contributed by atoms with Gasteiger partial charge in [-0.3, -0.25) is 9.55 Å². The van der Waals surface area contributed by atoms with E-state index < -0.39 is 0 Å². The Labute approximate surface area is 335 Å². The van der Waals surface area contributed by atoms with Crippen molar-refractivity contribution < 1.29 is 26.2 Å². The maximum absolute atomic E-state index is 11.3. The normalized spacial score (nSPS) is 11.0. The van der Waals surface area contributed by atoms with E-state index in [2.05, 4.69) is 158 Å². The molecular weight excluding hydrogens is 854 g/mol. The second kappa shape index (κ2) is 15.2. The van der Waals surface area contributed by atoms with E-state index in [0.29, 0.717) is 11.4 Å². The first-order valence-corrected chi connectivity index (χ1v) is 18.1. The monoisotopic (exact) mass is 889 g/mol. The zero-order valence-electron chi connectivity index (χ0n) is 30.3. The predicted octanol–water partition coefficient (Wildman–Crippen LogP) is 12.5. The molecule has 7 aromatic carbocycles. The zero-order valence-corrected chi connectivity index (χ0v) is 32.6. The number of aryl methyl sites for hydroxylation is 2. The molecule has 0 aliphatic carbocycles. The van der Waals surface area contributed by atoms with Crippen LogP contribution < -0.4 is 0 Å². The van der Waals surface area contributed by atoms with E-state index in [-0.39, 0.29) is 26.8 Å². The van der Waals surface area contributed by atoms with Crippen LogP contribution in [0.15, 0.2) is 176 Å². The van der Waals surface area contributed by atoms with E-state index in [9.17, 15) is 5.11 Å². The number of phenols is 1. The summed E-state index contributed by atoms with van der Waals surface area (Å²) in [6, 6.07) is 62.0. The van der Waals surface area contributed by atoms with Crippen molar-refractivity contribution in [3.05, 3.63) is 193 Å². The second-order valence-electron chi connectivity index (χ2n) is 13.7. The Morgan fingerprint density at radius 3 is 1.93 bits per heavy atom. The van der Waals surface area contributed by atoms with E-state index in [0.717, 1.165) is 78.0 Å². The van der Waals surface area contributed by atoms with E-state index in [4.69, 9.17) is 9.97 Å². The Hall–Kier alpha value is -6.35. The summed E-state index contributed by atoms with van der Waals surface area (Å²) in [6.45, 7) is 4.22. The number of para-hydroxylation sites is 2. The molecule has 0 fully saturated rings.